The Labute approximate surface area is 149 Å². The van der Waals surface area contributed by atoms with Crippen molar-refractivity contribution >= 4 is 5.97 Å². The fourth-order valence-corrected chi connectivity index (χ4v) is 4.85. The number of aliphatic carboxylic acids is 1. The Hall–Kier alpha value is -0.790. The van der Waals surface area contributed by atoms with Gasteiger partial charge in [0.15, 0.2) is 0 Å². The minimum Gasteiger partial charge on any atom is -0.481 e. The van der Waals surface area contributed by atoms with Crippen molar-refractivity contribution in [1.29, 1.82) is 0 Å². The third kappa shape index (κ3) is 7.40. The third-order valence-electron chi connectivity index (χ3n) is 6.47. The summed E-state index contributed by atoms with van der Waals surface area (Å²) >= 11 is 0. The Kier molecular flexibility index (Phi) is 8.91. The normalized spacial score (nSPS) is 31.4. The molecule has 2 aliphatic carbocycles. The van der Waals surface area contributed by atoms with Crippen LogP contribution < -0.4 is 0 Å². The molecule has 2 saturated carbocycles. The maximum absolute atomic E-state index is 10.5. The number of allylic oxidation sites excluding steroid dienone is 2. The minimum atomic E-state index is -0.688. The molecule has 0 heterocycles. The SMILES string of the molecule is CCC[C@H]1CC[C@H](CC[C@H]2CC[C@H](C=CCCC(=O)O)CC2)CC1. The molecular formula is C22H38O2. The molecule has 24 heavy (non-hydrogen) atoms. The summed E-state index contributed by atoms with van der Waals surface area (Å²) in [7, 11) is 0. The first-order chi connectivity index (χ1) is 11.7. The van der Waals surface area contributed by atoms with E-state index in [-0.39, 0.29) is 6.42 Å². The molecule has 0 aromatic rings. The van der Waals surface area contributed by atoms with Gasteiger partial charge in [-0.15, -0.1) is 0 Å². The smallest absolute Gasteiger partial charge is 0.303 e. The summed E-state index contributed by atoms with van der Waals surface area (Å²) in [5.41, 5.74) is 0. The lowest BCUT2D eigenvalue weighted by Gasteiger charge is -2.31. The van der Waals surface area contributed by atoms with Gasteiger partial charge in [0.25, 0.3) is 0 Å². The van der Waals surface area contributed by atoms with Crippen LogP contribution in [0, 0.1) is 23.7 Å². The van der Waals surface area contributed by atoms with Gasteiger partial charge in [0.1, 0.15) is 0 Å². The van der Waals surface area contributed by atoms with Crippen LogP contribution in [-0.2, 0) is 4.79 Å². The van der Waals surface area contributed by atoms with Gasteiger partial charge >= 0.3 is 5.97 Å². The summed E-state index contributed by atoms with van der Waals surface area (Å²) in [5, 5.41) is 8.66. The maximum atomic E-state index is 10.5. The van der Waals surface area contributed by atoms with Crippen molar-refractivity contribution in [3.05, 3.63) is 12.2 Å². The van der Waals surface area contributed by atoms with Gasteiger partial charge in [-0.2, -0.15) is 0 Å². The van der Waals surface area contributed by atoms with E-state index in [0.29, 0.717) is 12.3 Å². The van der Waals surface area contributed by atoms with Gasteiger partial charge in [-0.25, -0.2) is 0 Å². The first kappa shape index (κ1) is 19.5. The summed E-state index contributed by atoms with van der Waals surface area (Å²) in [6.07, 6.45) is 22.5. The highest BCUT2D eigenvalue weighted by atomic mass is 16.4. The van der Waals surface area contributed by atoms with E-state index in [4.69, 9.17) is 5.11 Å². The zero-order valence-corrected chi connectivity index (χ0v) is 15.7. The molecule has 2 heteroatoms. The molecule has 0 bridgehead atoms. The van der Waals surface area contributed by atoms with Crippen LogP contribution in [-0.4, -0.2) is 11.1 Å². The first-order valence-corrected chi connectivity index (χ1v) is 10.6. The third-order valence-corrected chi connectivity index (χ3v) is 6.47. The highest BCUT2D eigenvalue weighted by Gasteiger charge is 2.23. The predicted molar refractivity (Wildman–Crippen MR) is 101 cm³/mol. The molecule has 0 unspecified atom stereocenters. The summed E-state index contributed by atoms with van der Waals surface area (Å²) < 4.78 is 0. The van der Waals surface area contributed by atoms with Gasteiger partial charge in [0, 0.05) is 6.42 Å². The second-order valence-electron chi connectivity index (χ2n) is 8.39. The predicted octanol–water partition coefficient (Wildman–Crippen LogP) is 6.60. The van der Waals surface area contributed by atoms with Gasteiger partial charge in [-0.3, -0.25) is 4.79 Å². The van der Waals surface area contributed by atoms with E-state index in [0.717, 1.165) is 17.8 Å². The molecule has 2 aliphatic rings. The van der Waals surface area contributed by atoms with Gasteiger partial charge in [-0.05, 0) is 55.8 Å². The summed E-state index contributed by atoms with van der Waals surface area (Å²) in [6, 6.07) is 0. The molecule has 0 aliphatic heterocycles. The Morgan fingerprint density at radius 2 is 1.38 bits per heavy atom. The molecule has 1 N–H and O–H groups in total. The van der Waals surface area contributed by atoms with Gasteiger partial charge in [0.05, 0.1) is 0 Å². The second-order valence-corrected chi connectivity index (χ2v) is 8.39. The number of carboxylic acid groups (broad SMARTS) is 1. The zero-order valence-electron chi connectivity index (χ0n) is 15.7. The fourth-order valence-electron chi connectivity index (χ4n) is 4.85. The molecule has 2 fully saturated rings. The quantitative estimate of drug-likeness (QED) is 0.482. The lowest BCUT2D eigenvalue weighted by Crippen LogP contribution is -2.17. The molecule has 0 atom stereocenters. The van der Waals surface area contributed by atoms with Crippen molar-refractivity contribution in [1.82, 2.24) is 0 Å². The molecule has 0 saturated heterocycles. The van der Waals surface area contributed by atoms with Gasteiger partial charge in [0.2, 0.25) is 0 Å². The number of carbonyl (C=O) groups is 1. The Morgan fingerprint density at radius 1 is 0.875 bits per heavy atom. The summed E-state index contributed by atoms with van der Waals surface area (Å²) in [5.74, 6) is 3.04. The molecule has 2 rings (SSSR count). The van der Waals surface area contributed by atoms with Crippen molar-refractivity contribution in [2.24, 2.45) is 23.7 Å². The largest absolute Gasteiger partial charge is 0.481 e. The maximum Gasteiger partial charge on any atom is 0.303 e. The monoisotopic (exact) mass is 334 g/mol. The highest BCUT2D eigenvalue weighted by molar-refractivity contribution is 5.66. The molecule has 0 aromatic heterocycles. The van der Waals surface area contributed by atoms with Crippen LogP contribution in [0.3, 0.4) is 0 Å². The fraction of sp³-hybridized carbons (Fsp3) is 0.864. The Balaban J connectivity index is 1.54. The lowest BCUT2D eigenvalue weighted by atomic mass is 9.75. The molecule has 0 amide bonds. The van der Waals surface area contributed by atoms with E-state index in [1.54, 1.807) is 0 Å². The van der Waals surface area contributed by atoms with E-state index >= 15 is 0 Å². The molecule has 0 radical (unpaired) electrons. The average Bonchev–Trinajstić information content (AvgIpc) is 2.59. The standard InChI is InChI=1S/C22H38O2/c1-2-5-18-8-12-20(13-9-18)16-17-21-14-10-19(11-15-21)6-3-4-7-22(23)24/h3,6,18-21H,2,4-5,7-17H2,1H3,(H,23,24)/t18-,19-,20-,21-. The molecule has 138 valence electrons. The van der Waals surface area contributed by atoms with E-state index in [9.17, 15) is 4.79 Å². The van der Waals surface area contributed by atoms with E-state index in [2.05, 4.69) is 19.1 Å². The van der Waals surface area contributed by atoms with Crippen LogP contribution in [0.2, 0.25) is 0 Å². The summed E-state index contributed by atoms with van der Waals surface area (Å²) in [6.45, 7) is 2.32. The van der Waals surface area contributed by atoms with Gasteiger partial charge < -0.3 is 5.11 Å². The van der Waals surface area contributed by atoms with Crippen molar-refractivity contribution in [3.8, 4) is 0 Å². The number of hydrogen-bond acceptors (Lipinski definition) is 1. The van der Waals surface area contributed by atoms with Crippen LogP contribution in [0.1, 0.15) is 96.8 Å². The van der Waals surface area contributed by atoms with Crippen molar-refractivity contribution in [2.45, 2.75) is 96.8 Å². The Morgan fingerprint density at radius 3 is 1.88 bits per heavy atom. The average molecular weight is 335 g/mol. The summed E-state index contributed by atoms with van der Waals surface area (Å²) in [4.78, 5) is 10.5. The van der Waals surface area contributed by atoms with E-state index in [1.165, 1.54) is 77.0 Å². The molecular weight excluding hydrogens is 296 g/mol. The minimum absolute atomic E-state index is 0.270. The van der Waals surface area contributed by atoms with Crippen molar-refractivity contribution in [3.63, 3.8) is 0 Å². The topological polar surface area (TPSA) is 37.3 Å². The highest BCUT2D eigenvalue weighted by Crippen LogP contribution is 2.37. The number of rotatable bonds is 9. The van der Waals surface area contributed by atoms with Crippen LogP contribution in [0.5, 0.6) is 0 Å². The van der Waals surface area contributed by atoms with Crippen molar-refractivity contribution < 1.29 is 9.90 Å². The molecule has 2 nitrogen and oxygen atoms in total. The Bertz CT molecular complexity index is 371. The lowest BCUT2D eigenvalue weighted by molar-refractivity contribution is -0.136. The number of hydrogen-bond donors (Lipinski definition) is 1. The first-order valence-electron chi connectivity index (χ1n) is 10.6. The molecule has 0 aromatic carbocycles. The van der Waals surface area contributed by atoms with Gasteiger partial charge in [-0.1, -0.05) is 70.4 Å². The van der Waals surface area contributed by atoms with Crippen LogP contribution >= 0.6 is 0 Å². The van der Waals surface area contributed by atoms with Crippen LogP contribution in [0.25, 0.3) is 0 Å². The van der Waals surface area contributed by atoms with E-state index in [1.807, 2.05) is 0 Å². The molecule has 0 spiro atoms. The second kappa shape index (κ2) is 10.9. The van der Waals surface area contributed by atoms with Crippen LogP contribution in [0.15, 0.2) is 12.2 Å². The van der Waals surface area contributed by atoms with Crippen LogP contribution in [0.4, 0.5) is 0 Å². The zero-order chi connectivity index (χ0) is 17.2. The van der Waals surface area contributed by atoms with Crippen molar-refractivity contribution in [2.75, 3.05) is 0 Å². The number of carboxylic acids is 1. The van der Waals surface area contributed by atoms with E-state index < -0.39 is 5.97 Å².